The van der Waals surface area contributed by atoms with Gasteiger partial charge in [-0.05, 0) is 31.2 Å². The number of hydrogen-bond donors (Lipinski definition) is 2. The summed E-state index contributed by atoms with van der Waals surface area (Å²) in [4.78, 5) is 4.24. The molecule has 1 aliphatic heterocycles. The Labute approximate surface area is 195 Å². The number of halogens is 2. The predicted octanol–water partition coefficient (Wildman–Crippen LogP) is 2.99. The zero-order valence-corrected chi connectivity index (χ0v) is 18.6. The molecule has 0 aliphatic carbocycles. The highest BCUT2D eigenvalue weighted by Gasteiger charge is 2.38. The second kappa shape index (κ2) is 7.60. The van der Waals surface area contributed by atoms with E-state index >= 15 is 0 Å². The third-order valence-electron chi connectivity index (χ3n) is 5.69. The fourth-order valence-electron chi connectivity index (χ4n) is 4.16. The Morgan fingerprint density at radius 1 is 1.33 bits per heavy atom. The molecule has 11 heteroatoms. The van der Waals surface area contributed by atoms with Crippen LogP contribution in [0.25, 0.3) is 22.5 Å². The Kier molecular flexibility index (Phi) is 4.95. The number of fused-ring (bicyclic) bond motifs is 7. The van der Waals surface area contributed by atoms with Crippen molar-refractivity contribution in [2.75, 3.05) is 5.73 Å². The number of aliphatic hydroxyl groups is 1. The van der Waals surface area contributed by atoms with Crippen LogP contribution in [0.4, 0.5) is 10.2 Å². The molecule has 4 heterocycles. The summed E-state index contributed by atoms with van der Waals surface area (Å²) >= 11 is 6.53. The lowest BCUT2D eigenvalue weighted by atomic mass is 9.69. The van der Waals surface area contributed by atoms with Gasteiger partial charge in [0.1, 0.15) is 20.3 Å². The molecule has 1 aliphatic rings. The Balaban J connectivity index is 1.90. The lowest BCUT2D eigenvalue weighted by Crippen LogP contribution is -2.29. The second-order valence-electron chi connectivity index (χ2n) is 7.86. The van der Waals surface area contributed by atoms with Crippen molar-refractivity contribution in [1.29, 1.82) is 0 Å². The maximum absolute atomic E-state index is 14.2. The SMILES string of the molecule is [B]C1(O)c2cn(C)nc2-c2ccc(F)cc2COc2cc(cnc2N)-c2c1c(Cl)nn2CC. The second-order valence-corrected chi connectivity index (χ2v) is 8.22. The minimum Gasteiger partial charge on any atom is -0.485 e. The van der Waals surface area contributed by atoms with Crippen molar-refractivity contribution in [1.82, 2.24) is 24.5 Å². The van der Waals surface area contributed by atoms with Crippen molar-refractivity contribution in [3.05, 3.63) is 64.3 Å². The van der Waals surface area contributed by atoms with Gasteiger partial charge in [0.2, 0.25) is 0 Å². The molecule has 0 fully saturated rings. The summed E-state index contributed by atoms with van der Waals surface area (Å²) < 4.78 is 23.3. The molecule has 5 rings (SSSR count). The number of aryl methyl sites for hydroxylation is 2. The molecule has 0 saturated heterocycles. The molecule has 1 atom stereocenters. The molecule has 0 spiro atoms. The first-order valence-corrected chi connectivity index (χ1v) is 10.6. The molecule has 0 amide bonds. The molecule has 8 nitrogen and oxygen atoms in total. The van der Waals surface area contributed by atoms with Crippen molar-refractivity contribution >= 4 is 25.3 Å². The molecule has 1 unspecified atom stereocenters. The fraction of sp³-hybridized carbons (Fsp3) is 0.227. The molecule has 0 saturated carbocycles. The molecule has 166 valence electrons. The van der Waals surface area contributed by atoms with Crippen LogP contribution in [0, 0.1) is 5.82 Å². The van der Waals surface area contributed by atoms with Gasteiger partial charge in [-0.2, -0.15) is 10.2 Å². The highest BCUT2D eigenvalue weighted by atomic mass is 35.5. The topological polar surface area (TPSA) is 104 Å². The lowest BCUT2D eigenvalue weighted by molar-refractivity contribution is 0.173. The number of nitrogens with two attached hydrogens (primary N) is 1. The summed E-state index contributed by atoms with van der Waals surface area (Å²) in [7, 11) is 8.30. The zero-order chi connectivity index (χ0) is 23.5. The third-order valence-corrected chi connectivity index (χ3v) is 5.96. The highest BCUT2D eigenvalue weighted by Crippen LogP contribution is 2.44. The number of anilines is 1. The molecular weight excluding hydrogens is 446 g/mol. The maximum atomic E-state index is 14.2. The Bertz CT molecular complexity index is 1400. The number of nitrogen functional groups attached to an aromatic ring is 1. The number of ether oxygens (including phenoxy) is 1. The highest BCUT2D eigenvalue weighted by molar-refractivity contribution is 6.32. The van der Waals surface area contributed by atoms with Crippen molar-refractivity contribution in [3.63, 3.8) is 0 Å². The van der Waals surface area contributed by atoms with Gasteiger partial charge in [0.15, 0.2) is 16.7 Å². The number of aromatic nitrogens is 5. The van der Waals surface area contributed by atoms with Crippen LogP contribution < -0.4 is 10.5 Å². The van der Waals surface area contributed by atoms with E-state index in [1.807, 2.05) is 6.92 Å². The summed E-state index contributed by atoms with van der Waals surface area (Å²) in [5.74, 6) is 0.000797. The minimum absolute atomic E-state index is 0.0118. The van der Waals surface area contributed by atoms with E-state index in [1.165, 1.54) is 23.0 Å². The van der Waals surface area contributed by atoms with E-state index in [0.717, 1.165) is 0 Å². The Morgan fingerprint density at radius 2 is 2.12 bits per heavy atom. The van der Waals surface area contributed by atoms with Crippen LogP contribution in [0.15, 0.2) is 36.7 Å². The normalized spacial score (nSPS) is 17.2. The van der Waals surface area contributed by atoms with Crippen LogP contribution in [0.1, 0.15) is 23.6 Å². The van der Waals surface area contributed by atoms with Gasteiger partial charge in [-0.15, -0.1) is 0 Å². The van der Waals surface area contributed by atoms with Gasteiger partial charge in [-0.3, -0.25) is 9.36 Å². The first-order chi connectivity index (χ1) is 15.7. The fourth-order valence-corrected chi connectivity index (χ4v) is 4.49. The van der Waals surface area contributed by atoms with E-state index in [1.54, 1.807) is 30.1 Å². The van der Waals surface area contributed by atoms with E-state index in [4.69, 9.17) is 29.9 Å². The molecule has 4 aromatic rings. The summed E-state index contributed by atoms with van der Waals surface area (Å²) in [6, 6.07) is 5.89. The summed E-state index contributed by atoms with van der Waals surface area (Å²) in [6.07, 6.45) is 3.13. The van der Waals surface area contributed by atoms with E-state index in [9.17, 15) is 9.50 Å². The standard InChI is InChI=1S/C22H19BClFN6O2/c1-3-31-19-11-7-16(21(26)27-8-11)33-10-12-6-13(25)4-5-14(12)18-15(9-30(2)28-18)22(23,32)17(19)20(24)29-31/h4-9,32H,3,10H2,1-2H3,(H2,26,27). The van der Waals surface area contributed by atoms with Crippen LogP contribution in [0.3, 0.4) is 0 Å². The number of rotatable bonds is 1. The number of nitrogens with zero attached hydrogens (tertiary/aromatic N) is 5. The van der Waals surface area contributed by atoms with Gasteiger partial charge in [-0.1, -0.05) is 11.6 Å². The van der Waals surface area contributed by atoms with Crippen LogP contribution in [-0.4, -0.2) is 37.5 Å². The Hall–Kier alpha value is -3.37. The molecule has 3 N–H and O–H groups in total. The smallest absolute Gasteiger partial charge is 0.166 e. The van der Waals surface area contributed by atoms with Gasteiger partial charge in [0.05, 0.1) is 16.9 Å². The average Bonchev–Trinajstić information content (AvgIpc) is 3.33. The number of hydrogen-bond acceptors (Lipinski definition) is 6. The van der Waals surface area contributed by atoms with E-state index in [0.29, 0.717) is 34.6 Å². The average molecular weight is 465 g/mol. The number of benzene rings is 1. The first kappa shape index (κ1) is 21.5. The quantitative estimate of drug-likeness (QED) is 0.420. The molecule has 3 aromatic heterocycles. The van der Waals surface area contributed by atoms with E-state index in [-0.39, 0.29) is 34.5 Å². The molecule has 33 heavy (non-hydrogen) atoms. The molecule has 2 bridgehead atoms. The summed E-state index contributed by atoms with van der Waals surface area (Å²) in [6.45, 7) is 2.33. The van der Waals surface area contributed by atoms with Gasteiger partial charge in [0, 0.05) is 53.8 Å². The molecular formula is C22H19BClFN6O2. The predicted molar refractivity (Wildman–Crippen MR) is 122 cm³/mol. The number of pyridine rings is 1. The molecule has 2 radical (unpaired) electrons. The zero-order valence-electron chi connectivity index (χ0n) is 17.9. The summed E-state index contributed by atoms with van der Waals surface area (Å²) in [5.41, 5.74) is 6.83. The van der Waals surface area contributed by atoms with Gasteiger partial charge in [-0.25, -0.2) is 9.37 Å². The van der Waals surface area contributed by atoms with Crippen molar-refractivity contribution in [2.24, 2.45) is 7.05 Å². The summed E-state index contributed by atoms with van der Waals surface area (Å²) in [5, 5.41) is 20.7. The lowest BCUT2D eigenvalue weighted by Gasteiger charge is -2.26. The van der Waals surface area contributed by atoms with Gasteiger partial charge < -0.3 is 15.6 Å². The van der Waals surface area contributed by atoms with Crippen molar-refractivity contribution in [2.45, 2.75) is 25.6 Å². The first-order valence-electron chi connectivity index (χ1n) is 10.2. The largest absolute Gasteiger partial charge is 0.485 e. The van der Waals surface area contributed by atoms with Crippen LogP contribution in [0.2, 0.25) is 5.15 Å². The Morgan fingerprint density at radius 3 is 2.88 bits per heavy atom. The van der Waals surface area contributed by atoms with Gasteiger partial charge >= 0.3 is 0 Å². The van der Waals surface area contributed by atoms with Crippen LogP contribution in [-0.2, 0) is 25.7 Å². The minimum atomic E-state index is -2.09. The van der Waals surface area contributed by atoms with E-state index in [2.05, 4.69) is 15.2 Å². The van der Waals surface area contributed by atoms with Gasteiger partial charge in [0.25, 0.3) is 0 Å². The maximum Gasteiger partial charge on any atom is 0.166 e. The van der Waals surface area contributed by atoms with E-state index < -0.39 is 11.3 Å². The molecule has 1 aromatic carbocycles. The monoisotopic (exact) mass is 464 g/mol. The van der Waals surface area contributed by atoms with Crippen LogP contribution in [0.5, 0.6) is 5.75 Å². The van der Waals surface area contributed by atoms with Crippen molar-refractivity contribution < 1.29 is 14.2 Å². The third kappa shape index (κ3) is 3.37. The van der Waals surface area contributed by atoms with Crippen LogP contribution >= 0.6 is 11.6 Å². The van der Waals surface area contributed by atoms with Crippen molar-refractivity contribution in [3.8, 4) is 28.3 Å².